The first kappa shape index (κ1) is 24.7. The summed E-state index contributed by atoms with van der Waals surface area (Å²) < 4.78 is 0. The Morgan fingerprint density at radius 2 is 2.06 bits per heavy atom. The Hall–Kier alpha value is -2.45. The minimum absolute atomic E-state index is 0.0817. The SMILES string of the molecule is CCC[C@H](C(=O)N1C[C@H](O)C[C@H]1C1=NOC(C)(c2ccc(-c3scnc3C)cc2)N1)C(C)(C)C. The zero-order valence-corrected chi connectivity index (χ0v) is 21.8. The van der Waals surface area contributed by atoms with Crippen molar-refractivity contribution < 1.29 is 14.7 Å². The standard InChI is InChI=1S/C26H36N4O3S/c1-7-8-20(25(3,4)5)24(32)30-14-19(31)13-21(30)23-28-26(6,33-29-23)18-11-9-17(10-12-18)22-16(2)27-15-34-22/h9-12,15,19-21,31H,7-8,13-14H2,1-6H3,(H,28,29)/t19-,20-,21+,26?/m1/s1. The fourth-order valence-electron chi connectivity index (χ4n) is 4.95. The van der Waals surface area contributed by atoms with E-state index in [0.717, 1.165) is 34.5 Å². The molecule has 8 heteroatoms. The molecule has 1 fully saturated rings. The molecular weight excluding hydrogens is 448 g/mol. The number of aryl methyl sites for hydroxylation is 1. The summed E-state index contributed by atoms with van der Waals surface area (Å²) in [6.07, 6.45) is 1.63. The van der Waals surface area contributed by atoms with Gasteiger partial charge in [-0.1, -0.05) is 63.5 Å². The molecule has 1 aromatic heterocycles. The highest BCUT2D eigenvalue weighted by molar-refractivity contribution is 7.13. The number of nitrogens with zero attached hydrogens (tertiary/aromatic N) is 3. The summed E-state index contributed by atoms with van der Waals surface area (Å²) in [5.74, 6) is 0.569. The summed E-state index contributed by atoms with van der Waals surface area (Å²) in [5, 5.41) is 18.2. The molecule has 1 amide bonds. The highest BCUT2D eigenvalue weighted by Crippen LogP contribution is 2.36. The van der Waals surface area contributed by atoms with E-state index in [2.05, 4.69) is 55.3 Å². The number of amides is 1. The second-order valence-corrected chi connectivity index (χ2v) is 11.5. The number of aliphatic hydroxyl groups excluding tert-OH is 1. The molecule has 7 nitrogen and oxygen atoms in total. The lowest BCUT2D eigenvalue weighted by Gasteiger charge is -2.35. The van der Waals surface area contributed by atoms with Crippen molar-refractivity contribution in [2.75, 3.05) is 6.54 Å². The molecule has 0 aliphatic carbocycles. The normalized spacial score (nSPS) is 25.6. The van der Waals surface area contributed by atoms with Gasteiger partial charge in [-0.15, -0.1) is 11.3 Å². The van der Waals surface area contributed by atoms with E-state index in [0.29, 0.717) is 18.8 Å². The fourth-order valence-corrected chi connectivity index (χ4v) is 5.76. The molecule has 4 rings (SSSR count). The van der Waals surface area contributed by atoms with Gasteiger partial charge in [0.25, 0.3) is 0 Å². The monoisotopic (exact) mass is 484 g/mol. The maximum absolute atomic E-state index is 13.6. The van der Waals surface area contributed by atoms with Crippen molar-refractivity contribution >= 4 is 23.1 Å². The number of aromatic nitrogens is 1. The summed E-state index contributed by atoms with van der Waals surface area (Å²) in [7, 11) is 0. The van der Waals surface area contributed by atoms with Crippen LogP contribution in [0, 0.1) is 18.3 Å². The Morgan fingerprint density at radius 1 is 1.35 bits per heavy atom. The Morgan fingerprint density at radius 3 is 2.65 bits per heavy atom. The van der Waals surface area contributed by atoms with Gasteiger partial charge in [0.2, 0.25) is 11.6 Å². The van der Waals surface area contributed by atoms with Gasteiger partial charge in [0, 0.05) is 31.4 Å². The van der Waals surface area contributed by atoms with Gasteiger partial charge in [0.05, 0.1) is 28.2 Å². The van der Waals surface area contributed by atoms with E-state index in [1.54, 1.807) is 16.2 Å². The smallest absolute Gasteiger partial charge is 0.231 e. The van der Waals surface area contributed by atoms with E-state index in [1.165, 1.54) is 0 Å². The van der Waals surface area contributed by atoms with Crippen molar-refractivity contribution in [2.45, 2.75) is 78.7 Å². The van der Waals surface area contributed by atoms with Crippen molar-refractivity contribution in [3.05, 3.63) is 41.0 Å². The third-order valence-electron chi connectivity index (χ3n) is 6.94. The van der Waals surface area contributed by atoms with Gasteiger partial charge in [-0.3, -0.25) is 4.79 Å². The van der Waals surface area contributed by atoms with Crippen molar-refractivity contribution in [1.29, 1.82) is 0 Å². The molecule has 0 spiro atoms. The predicted molar refractivity (Wildman–Crippen MR) is 135 cm³/mol. The quantitative estimate of drug-likeness (QED) is 0.623. The van der Waals surface area contributed by atoms with Gasteiger partial charge >= 0.3 is 0 Å². The zero-order valence-electron chi connectivity index (χ0n) is 21.0. The summed E-state index contributed by atoms with van der Waals surface area (Å²) in [6.45, 7) is 12.7. The highest BCUT2D eigenvalue weighted by Gasteiger charge is 2.46. The van der Waals surface area contributed by atoms with E-state index in [4.69, 9.17) is 4.84 Å². The largest absolute Gasteiger partial charge is 0.391 e. The fraction of sp³-hybridized carbons (Fsp3) is 0.577. The van der Waals surface area contributed by atoms with Crippen LogP contribution in [0.15, 0.2) is 34.9 Å². The van der Waals surface area contributed by atoms with E-state index >= 15 is 0 Å². The predicted octanol–water partition coefficient (Wildman–Crippen LogP) is 4.65. The number of rotatable bonds is 6. The number of oxime groups is 1. The number of likely N-dealkylation sites (tertiary alicyclic amines) is 1. The topological polar surface area (TPSA) is 87.1 Å². The number of aliphatic hydroxyl groups is 1. The van der Waals surface area contributed by atoms with Crippen LogP contribution < -0.4 is 5.32 Å². The van der Waals surface area contributed by atoms with Gasteiger partial charge < -0.3 is 20.2 Å². The van der Waals surface area contributed by atoms with Crippen LogP contribution in [0.1, 0.15) is 65.1 Å². The van der Waals surface area contributed by atoms with E-state index in [9.17, 15) is 9.90 Å². The number of amidine groups is 1. The van der Waals surface area contributed by atoms with Crippen LogP contribution in [0.4, 0.5) is 0 Å². The maximum atomic E-state index is 13.6. The molecule has 34 heavy (non-hydrogen) atoms. The Bertz CT molecular complexity index is 1060. The molecular formula is C26H36N4O3S. The number of hydrogen-bond acceptors (Lipinski definition) is 7. The average Bonchev–Trinajstić information content (AvgIpc) is 3.49. The summed E-state index contributed by atoms with van der Waals surface area (Å²) in [4.78, 5) is 26.8. The first-order valence-corrected chi connectivity index (χ1v) is 12.9. The van der Waals surface area contributed by atoms with E-state index in [1.807, 2.05) is 31.5 Å². The van der Waals surface area contributed by atoms with Crippen molar-refractivity contribution in [3.63, 3.8) is 0 Å². The summed E-state index contributed by atoms with van der Waals surface area (Å²) in [5.41, 5.74) is 3.94. The Labute approximate surface area is 206 Å². The molecule has 1 aromatic carbocycles. The number of carbonyl (C=O) groups is 1. The third-order valence-corrected chi connectivity index (χ3v) is 7.91. The van der Waals surface area contributed by atoms with Crippen molar-refractivity contribution in [3.8, 4) is 10.4 Å². The number of benzene rings is 1. The first-order chi connectivity index (χ1) is 16.0. The molecule has 0 bridgehead atoms. The van der Waals surface area contributed by atoms with Crippen molar-refractivity contribution in [2.24, 2.45) is 16.5 Å². The molecule has 2 N–H and O–H groups in total. The Balaban J connectivity index is 1.52. The third kappa shape index (κ3) is 4.70. The van der Waals surface area contributed by atoms with Crippen LogP contribution in [0.3, 0.4) is 0 Å². The second-order valence-electron chi connectivity index (χ2n) is 10.7. The van der Waals surface area contributed by atoms with Crippen LogP contribution in [0.2, 0.25) is 0 Å². The molecule has 0 saturated carbocycles. The number of hydrogen-bond donors (Lipinski definition) is 2. The lowest BCUT2D eigenvalue weighted by molar-refractivity contribution is -0.139. The summed E-state index contributed by atoms with van der Waals surface area (Å²) in [6, 6.07) is 7.87. The molecule has 1 saturated heterocycles. The van der Waals surface area contributed by atoms with Gasteiger partial charge in [-0.05, 0) is 24.3 Å². The summed E-state index contributed by atoms with van der Waals surface area (Å²) >= 11 is 1.63. The molecule has 1 unspecified atom stereocenters. The van der Waals surface area contributed by atoms with Crippen LogP contribution >= 0.6 is 11.3 Å². The number of carbonyl (C=O) groups excluding carboxylic acids is 1. The van der Waals surface area contributed by atoms with Crippen molar-refractivity contribution in [1.82, 2.24) is 15.2 Å². The molecule has 0 radical (unpaired) electrons. The van der Waals surface area contributed by atoms with Gasteiger partial charge in [0.1, 0.15) is 0 Å². The molecule has 2 aliphatic heterocycles. The lowest BCUT2D eigenvalue weighted by Crippen LogP contribution is -2.51. The molecule has 2 aromatic rings. The number of thiazole rings is 1. The van der Waals surface area contributed by atoms with Gasteiger partial charge in [-0.2, -0.15) is 0 Å². The van der Waals surface area contributed by atoms with Crippen LogP contribution in [-0.4, -0.2) is 45.4 Å². The number of nitrogens with one attached hydrogen (secondary N) is 1. The molecule has 2 aliphatic rings. The first-order valence-electron chi connectivity index (χ1n) is 12.1. The molecule has 4 atom stereocenters. The van der Waals surface area contributed by atoms with Crippen LogP contribution in [0.5, 0.6) is 0 Å². The second kappa shape index (κ2) is 9.30. The van der Waals surface area contributed by atoms with E-state index in [-0.39, 0.29) is 23.3 Å². The Kier molecular flexibility index (Phi) is 6.75. The number of β-amino-alcohol motifs (C(OH)–C–C–N with tert-alkyl or cyclic N) is 1. The lowest BCUT2D eigenvalue weighted by atomic mass is 9.77. The zero-order chi connectivity index (χ0) is 24.7. The highest BCUT2D eigenvalue weighted by atomic mass is 32.1. The average molecular weight is 485 g/mol. The minimum atomic E-state index is -0.842. The minimum Gasteiger partial charge on any atom is -0.391 e. The molecule has 184 valence electrons. The van der Waals surface area contributed by atoms with E-state index < -0.39 is 11.8 Å². The van der Waals surface area contributed by atoms with Gasteiger partial charge in [0.15, 0.2) is 5.84 Å². The molecule has 3 heterocycles. The van der Waals surface area contributed by atoms with Crippen LogP contribution in [0.25, 0.3) is 10.4 Å². The van der Waals surface area contributed by atoms with Crippen LogP contribution in [-0.2, 0) is 15.4 Å². The van der Waals surface area contributed by atoms with Gasteiger partial charge in [-0.25, -0.2) is 4.98 Å². The maximum Gasteiger partial charge on any atom is 0.231 e.